The quantitative estimate of drug-likeness (QED) is 0.536. The van der Waals surface area contributed by atoms with Crippen LogP contribution in [0.3, 0.4) is 0 Å². The number of hydrogen-bond acceptors (Lipinski definition) is 2. The molecule has 2 aliphatic rings. The van der Waals surface area contributed by atoms with Crippen molar-refractivity contribution < 1.29 is 0 Å². The fourth-order valence-electron chi connectivity index (χ4n) is 2.52. The zero-order chi connectivity index (χ0) is 8.39. The third-order valence-electron chi connectivity index (χ3n) is 3.35. The first-order chi connectivity index (χ1) is 5.86. The van der Waals surface area contributed by atoms with Crippen molar-refractivity contribution in [1.29, 1.82) is 0 Å². The zero-order valence-corrected chi connectivity index (χ0v) is 8.13. The number of nitrogens with zero attached hydrogens (tertiary/aromatic N) is 2. The molecule has 2 heterocycles. The lowest BCUT2D eigenvalue weighted by atomic mass is 10.1. The molecule has 0 bridgehead atoms. The lowest BCUT2D eigenvalue weighted by molar-refractivity contribution is 0.173. The molecule has 1 atom stereocenters. The molecule has 2 heteroatoms. The van der Waals surface area contributed by atoms with E-state index in [-0.39, 0.29) is 0 Å². The molecular weight excluding hydrogens is 148 g/mol. The van der Waals surface area contributed by atoms with E-state index in [2.05, 4.69) is 16.8 Å². The molecule has 0 amide bonds. The lowest BCUT2D eigenvalue weighted by Crippen LogP contribution is -2.39. The smallest absolute Gasteiger partial charge is 0.0112 e. The van der Waals surface area contributed by atoms with E-state index in [0.717, 1.165) is 6.04 Å². The highest BCUT2D eigenvalue weighted by Crippen LogP contribution is 2.22. The van der Waals surface area contributed by atoms with Crippen LogP contribution in [0.1, 0.15) is 25.7 Å². The van der Waals surface area contributed by atoms with Crippen molar-refractivity contribution in [1.82, 2.24) is 9.80 Å². The molecule has 2 fully saturated rings. The van der Waals surface area contributed by atoms with Gasteiger partial charge in [-0.1, -0.05) is 0 Å². The average molecular weight is 168 g/mol. The van der Waals surface area contributed by atoms with Crippen LogP contribution in [-0.4, -0.2) is 49.1 Å². The predicted octanol–water partition coefficient (Wildman–Crippen LogP) is 1.18. The van der Waals surface area contributed by atoms with Crippen LogP contribution in [0, 0.1) is 0 Å². The SMILES string of the molecule is CN1CCCC2CCCN2CC1. The van der Waals surface area contributed by atoms with Crippen LogP contribution >= 0.6 is 0 Å². The zero-order valence-electron chi connectivity index (χ0n) is 8.13. The van der Waals surface area contributed by atoms with E-state index in [1.165, 1.54) is 51.9 Å². The van der Waals surface area contributed by atoms with Gasteiger partial charge in [0.25, 0.3) is 0 Å². The second-order valence-electron chi connectivity index (χ2n) is 4.28. The summed E-state index contributed by atoms with van der Waals surface area (Å²) in [6.45, 7) is 5.25. The maximum atomic E-state index is 2.69. The average Bonchev–Trinajstić information content (AvgIpc) is 2.45. The van der Waals surface area contributed by atoms with E-state index in [4.69, 9.17) is 0 Å². The van der Waals surface area contributed by atoms with Crippen molar-refractivity contribution in [3.05, 3.63) is 0 Å². The number of hydrogen-bond donors (Lipinski definition) is 0. The number of rotatable bonds is 0. The highest BCUT2D eigenvalue weighted by atomic mass is 15.2. The highest BCUT2D eigenvalue weighted by Gasteiger charge is 2.25. The van der Waals surface area contributed by atoms with Gasteiger partial charge in [0.05, 0.1) is 0 Å². The second-order valence-corrected chi connectivity index (χ2v) is 4.28. The summed E-state index contributed by atoms with van der Waals surface area (Å²) in [5.41, 5.74) is 0. The summed E-state index contributed by atoms with van der Waals surface area (Å²) >= 11 is 0. The summed E-state index contributed by atoms with van der Waals surface area (Å²) < 4.78 is 0. The molecule has 2 saturated heterocycles. The Balaban J connectivity index is 1.90. The van der Waals surface area contributed by atoms with Gasteiger partial charge in [-0.2, -0.15) is 0 Å². The van der Waals surface area contributed by atoms with Crippen molar-refractivity contribution in [2.75, 3.05) is 33.2 Å². The molecule has 2 aliphatic heterocycles. The summed E-state index contributed by atoms with van der Waals surface area (Å²) in [6, 6.07) is 0.943. The largest absolute Gasteiger partial charge is 0.305 e. The van der Waals surface area contributed by atoms with Crippen LogP contribution < -0.4 is 0 Å². The van der Waals surface area contributed by atoms with E-state index >= 15 is 0 Å². The van der Waals surface area contributed by atoms with Crippen molar-refractivity contribution in [3.8, 4) is 0 Å². The predicted molar refractivity (Wildman–Crippen MR) is 51.3 cm³/mol. The first-order valence-electron chi connectivity index (χ1n) is 5.29. The molecule has 0 aliphatic carbocycles. The third kappa shape index (κ3) is 1.80. The molecular formula is C10H20N2. The Morgan fingerprint density at radius 2 is 1.67 bits per heavy atom. The fraction of sp³-hybridized carbons (Fsp3) is 1.00. The minimum Gasteiger partial charge on any atom is -0.305 e. The fourth-order valence-corrected chi connectivity index (χ4v) is 2.52. The van der Waals surface area contributed by atoms with E-state index in [1.54, 1.807) is 0 Å². The van der Waals surface area contributed by atoms with Crippen LogP contribution in [0.25, 0.3) is 0 Å². The van der Waals surface area contributed by atoms with Crippen molar-refractivity contribution in [3.63, 3.8) is 0 Å². The van der Waals surface area contributed by atoms with Gasteiger partial charge in [0.15, 0.2) is 0 Å². The first-order valence-corrected chi connectivity index (χ1v) is 5.29. The Hall–Kier alpha value is -0.0800. The Bertz CT molecular complexity index is 147. The Labute approximate surface area is 75.5 Å². The lowest BCUT2D eigenvalue weighted by Gasteiger charge is -2.30. The summed E-state index contributed by atoms with van der Waals surface area (Å²) in [6.07, 6.45) is 5.74. The van der Waals surface area contributed by atoms with Gasteiger partial charge in [-0.05, 0) is 45.8 Å². The highest BCUT2D eigenvalue weighted by molar-refractivity contribution is 4.81. The van der Waals surface area contributed by atoms with Gasteiger partial charge in [0, 0.05) is 19.1 Å². The van der Waals surface area contributed by atoms with Gasteiger partial charge in [-0.25, -0.2) is 0 Å². The molecule has 2 rings (SSSR count). The molecule has 0 aromatic heterocycles. The minimum atomic E-state index is 0.943. The summed E-state index contributed by atoms with van der Waals surface area (Å²) in [7, 11) is 2.25. The van der Waals surface area contributed by atoms with Crippen LogP contribution in [0.2, 0.25) is 0 Å². The van der Waals surface area contributed by atoms with Gasteiger partial charge in [-0.15, -0.1) is 0 Å². The van der Waals surface area contributed by atoms with Crippen molar-refractivity contribution in [2.45, 2.75) is 31.7 Å². The van der Waals surface area contributed by atoms with Gasteiger partial charge >= 0.3 is 0 Å². The van der Waals surface area contributed by atoms with Crippen molar-refractivity contribution in [2.24, 2.45) is 0 Å². The third-order valence-corrected chi connectivity index (χ3v) is 3.35. The van der Waals surface area contributed by atoms with E-state index in [0.29, 0.717) is 0 Å². The molecule has 70 valence electrons. The van der Waals surface area contributed by atoms with Gasteiger partial charge < -0.3 is 4.90 Å². The van der Waals surface area contributed by atoms with E-state index in [9.17, 15) is 0 Å². The van der Waals surface area contributed by atoms with E-state index < -0.39 is 0 Å². The van der Waals surface area contributed by atoms with Gasteiger partial charge in [-0.3, -0.25) is 4.90 Å². The van der Waals surface area contributed by atoms with E-state index in [1.807, 2.05) is 0 Å². The summed E-state index contributed by atoms with van der Waals surface area (Å²) in [5.74, 6) is 0. The number of fused-ring (bicyclic) bond motifs is 1. The minimum absolute atomic E-state index is 0.943. The van der Waals surface area contributed by atoms with Gasteiger partial charge in [0.1, 0.15) is 0 Å². The monoisotopic (exact) mass is 168 g/mol. The summed E-state index contributed by atoms with van der Waals surface area (Å²) in [5, 5.41) is 0. The van der Waals surface area contributed by atoms with Crippen LogP contribution in [-0.2, 0) is 0 Å². The molecule has 0 spiro atoms. The number of likely N-dealkylation sites (N-methyl/N-ethyl adjacent to an activating group) is 1. The van der Waals surface area contributed by atoms with Crippen LogP contribution in [0.4, 0.5) is 0 Å². The maximum Gasteiger partial charge on any atom is 0.0112 e. The maximum absolute atomic E-state index is 2.69. The standard InChI is InChI=1S/C10H20N2/c1-11-6-2-4-10-5-3-7-12(10)9-8-11/h10H,2-9H2,1H3. The second kappa shape index (κ2) is 3.75. The molecule has 0 aromatic carbocycles. The summed E-state index contributed by atoms with van der Waals surface area (Å²) in [4.78, 5) is 5.16. The molecule has 12 heavy (non-hydrogen) atoms. The molecule has 0 radical (unpaired) electrons. The Kier molecular flexibility index (Phi) is 2.66. The topological polar surface area (TPSA) is 6.48 Å². The molecule has 0 N–H and O–H groups in total. The van der Waals surface area contributed by atoms with Crippen molar-refractivity contribution >= 4 is 0 Å². The molecule has 2 nitrogen and oxygen atoms in total. The normalized spacial score (nSPS) is 34.2. The van der Waals surface area contributed by atoms with Crippen LogP contribution in [0.5, 0.6) is 0 Å². The van der Waals surface area contributed by atoms with Gasteiger partial charge in [0.2, 0.25) is 0 Å². The molecule has 0 saturated carbocycles. The Morgan fingerprint density at radius 3 is 2.50 bits per heavy atom. The molecule has 1 unspecified atom stereocenters. The van der Waals surface area contributed by atoms with Crippen LogP contribution in [0.15, 0.2) is 0 Å². The molecule has 0 aromatic rings. The first kappa shape index (κ1) is 8.52. The Morgan fingerprint density at radius 1 is 0.917 bits per heavy atom.